The summed E-state index contributed by atoms with van der Waals surface area (Å²) < 4.78 is 33.8. The number of nitrogens with zero attached hydrogens (tertiary/aromatic N) is 1. The molecule has 0 radical (unpaired) electrons. The normalized spacial score (nSPS) is 11.4. The third-order valence-electron chi connectivity index (χ3n) is 4.69. The van der Waals surface area contributed by atoms with Crippen molar-refractivity contribution < 1.29 is 17.9 Å². The van der Waals surface area contributed by atoms with Crippen LogP contribution in [0.5, 0.6) is 5.75 Å². The van der Waals surface area contributed by atoms with Gasteiger partial charge in [-0.15, -0.1) is 0 Å². The van der Waals surface area contributed by atoms with Gasteiger partial charge < -0.3 is 10.1 Å². The van der Waals surface area contributed by atoms with Gasteiger partial charge in [0.15, 0.2) is 0 Å². The molecule has 0 aliphatic rings. The molecule has 3 aromatic carbocycles. The summed E-state index contributed by atoms with van der Waals surface area (Å²) in [6.07, 6.45) is 0. The van der Waals surface area contributed by atoms with Crippen LogP contribution in [0.1, 0.15) is 11.1 Å². The zero-order chi connectivity index (χ0) is 23.3. The van der Waals surface area contributed by atoms with Crippen molar-refractivity contribution in [1.82, 2.24) is 4.31 Å². The van der Waals surface area contributed by atoms with E-state index in [4.69, 9.17) is 16.3 Å². The maximum Gasteiger partial charge on any atom is 0.243 e. The molecule has 0 spiro atoms. The number of rotatable bonds is 8. The summed E-state index contributed by atoms with van der Waals surface area (Å²) in [5, 5.41) is 3.04. The first kappa shape index (κ1) is 24.3. The molecule has 0 heterocycles. The number of benzene rings is 3. The lowest BCUT2D eigenvalue weighted by Gasteiger charge is -2.22. The second-order valence-electron chi connectivity index (χ2n) is 7.11. The molecule has 3 aromatic rings. The summed E-state index contributed by atoms with van der Waals surface area (Å²) in [7, 11) is -2.42. The molecule has 0 aromatic heterocycles. The van der Waals surface area contributed by atoms with Gasteiger partial charge in [0.05, 0.1) is 23.6 Å². The Morgan fingerprint density at radius 3 is 2.31 bits per heavy atom. The zero-order valence-electron chi connectivity index (χ0n) is 17.5. The van der Waals surface area contributed by atoms with E-state index in [-0.39, 0.29) is 18.0 Å². The van der Waals surface area contributed by atoms with Gasteiger partial charge in [-0.25, -0.2) is 8.42 Å². The lowest BCUT2D eigenvalue weighted by Crippen LogP contribution is -2.37. The van der Waals surface area contributed by atoms with Crippen LogP contribution in [0.4, 0.5) is 5.69 Å². The van der Waals surface area contributed by atoms with E-state index in [0.717, 1.165) is 19.9 Å². The molecule has 0 fully saturated rings. The number of carbonyl (C=O) groups is 1. The maximum atomic E-state index is 13.3. The highest BCUT2D eigenvalue weighted by Crippen LogP contribution is 2.27. The average Bonchev–Trinajstić information content (AvgIpc) is 2.75. The molecule has 3 rings (SSSR count). The van der Waals surface area contributed by atoms with Crippen LogP contribution in [0.25, 0.3) is 0 Å². The molecule has 0 unspecified atom stereocenters. The van der Waals surface area contributed by atoms with E-state index in [1.807, 2.05) is 31.2 Å². The van der Waals surface area contributed by atoms with E-state index in [9.17, 15) is 13.2 Å². The van der Waals surface area contributed by atoms with Gasteiger partial charge in [0.2, 0.25) is 15.9 Å². The molecule has 0 atom stereocenters. The van der Waals surface area contributed by atoms with Gasteiger partial charge in [-0.2, -0.15) is 4.31 Å². The Kier molecular flexibility index (Phi) is 7.95. The van der Waals surface area contributed by atoms with Crippen LogP contribution in [-0.2, 0) is 21.4 Å². The van der Waals surface area contributed by atoms with Crippen molar-refractivity contribution in [2.24, 2.45) is 0 Å². The summed E-state index contributed by atoms with van der Waals surface area (Å²) in [4.78, 5) is 12.9. The molecule has 1 amide bonds. The number of carbonyl (C=O) groups excluding carboxylic acids is 1. The fourth-order valence-corrected chi connectivity index (χ4v) is 4.89. The zero-order valence-corrected chi connectivity index (χ0v) is 20.7. The molecule has 1 N–H and O–H groups in total. The Bertz CT molecular complexity index is 1200. The van der Waals surface area contributed by atoms with Crippen molar-refractivity contribution in [2.45, 2.75) is 18.4 Å². The third-order valence-corrected chi connectivity index (χ3v) is 7.32. The van der Waals surface area contributed by atoms with Crippen LogP contribution >= 0.6 is 27.5 Å². The SMILES string of the molecule is COc1ccc(NC(=O)CN(Cc2ccc(Br)cc2)S(=O)(=O)c2ccc(C)cc2)cc1Cl. The van der Waals surface area contributed by atoms with Crippen molar-refractivity contribution >= 4 is 49.1 Å². The summed E-state index contributed by atoms with van der Waals surface area (Å²) >= 11 is 9.49. The number of amides is 1. The smallest absolute Gasteiger partial charge is 0.243 e. The molecule has 0 saturated carbocycles. The fourth-order valence-electron chi connectivity index (χ4n) is 2.98. The van der Waals surface area contributed by atoms with E-state index in [0.29, 0.717) is 16.5 Å². The molecule has 0 aliphatic heterocycles. The van der Waals surface area contributed by atoms with E-state index < -0.39 is 15.9 Å². The number of hydrogen-bond donors (Lipinski definition) is 1. The van der Waals surface area contributed by atoms with Crippen LogP contribution in [0.2, 0.25) is 5.02 Å². The van der Waals surface area contributed by atoms with Gasteiger partial charge in [-0.3, -0.25) is 4.79 Å². The summed E-state index contributed by atoms with van der Waals surface area (Å²) in [5.74, 6) is -0.0116. The van der Waals surface area contributed by atoms with Gasteiger partial charge in [0, 0.05) is 16.7 Å². The standard InChI is InChI=1S/C23H22BrClN2O4S/c1-16-3-10-20(11-4-16)32(29,30)27(14-17-5-7-18(24)8-6-17)15-23(28)26-19-9-12-22(31-2)21(25)13-19/h3-13H,14-15H2,1-2H3,(H,26,28). The molecule has 0 aliphatic carbocycles. The minimum Gasteiger partial charge on any atom is -0.495 e. The summed E-state index contributed by atoms with van der Waals surface area (Å²) in [6, 6.07) is 18.6. The van der Waals surface area contributed by atoms with Crippen LogP contribution < -0.4 is 10.1 Å². The molecule has 6 nitrogen and oxygen atoms in total. The topological polar surface area (TPSA) is 75.7 Å². The highest BCUT2D eigenvalue weighted by atomic mass is 79.9. The number of ether oxygens (including phenoxy) is 1. The van der Waals surface area contributed by atoms with Gasteiger partial charge in [0.25, 0.3) is 0 Å². The van der Waals surface area contributed by atoms with Crippen molar-refractivity contribution in [3.63, 3.8) is 0 Å². The molecule has 32 heavy (non-hydrogen) atoms. The quantitative estimate of drug-likeness (QED) is 0.426. The molecular weight excluding hydrogens is 516 g/mol. The lowest BCUT2D eigenvalue weighted by atomic mass is 10.2. The van der Waals surface area contributed by atoms with Crippen LogP contribution in [-0.4, -0.2) is 32.3 Å². The Hall–Kier alpha value is -2.39. The molecule has 0 saturated heterocycles. The first-order valence-electron chi connectivity index (χ1n) is 9.63. The number of halogens is 2. The Morgan fingerprint density at radius 1 is 1.06 bits per heavy atom. The monoisotopic (exact) mass is 536 g/mol. The lowest BCUT2D eigenvalue weighted by molar-refractivity contribution is -0.116. The molecule has 0 bridgehead atoms. The van der Waals surface area contributed by atoms with Crippen LogP contribution in [0.15, 0.2) is 76.1 Å². The molecular formula is C23H22BrClN2O4S. The minimum atomic E-state index is -3.92. The number of methoxy groups -OCH3 is 1. The molecule has 9 heteroatoms. The van der Waals surface area contributed by atoms with Gasteiger partial charge in [-0.1, -0.05) is 57.4 Å². The van der Waals surface area contributed by atoms with Gasteiger partial charge in [-0.05, 0) is 55.0 Å². The van der Waals surface area contributed by atoms with Crippen molar-refractivity contribution in [1.29, 1.82) is 0 Å². The van der Waals surface area contributed by atoms with Gasteiger partial charge >= 0.3 is 0 Å². The first-order valence-corrected chi connectivity index (χ1v) is 12.2. The van der Waals surface area contributed by atoms with Crippen molar-refractivity contribution in [2.75, 3.05) is 19.0 Å². The summed E-state index contributed by atoms with van der Waals surface area (Å²) in [5.41, 5.74) is 2.14. The number of sulfonamides is 1. The van der Waals surface area contributed by atoms with Crippen molar-refractivity contribution in [3.8, 4) is 5.75 Å². The second kappa shape index (κ2) is 10.5. The maximum absolute atomic E-state index is 13.3. The highest BCUT2D eigenvalue weighted by Gasteiger charge is 2.27. The Balaban J connectivity index is 1.86. The number of anilines is 1. The summed E-state index contributed by atoms with van der Waals surface area (Å²) in [6.45, 7) is 1.56. The first-order chi connectivity index (χ1) is 15.2. The van der Waals surface area contributed by atoms with Crippen LogP contribution in [0.3, 0.4) is 0 Å². The molecule has 168 valence electrons. The predicted molar refractivity (Wildman–Crippen MR) is 130 cm³/mol. The highest BCUT2D eigenvalue weighted by molar-refractivity contribution is 9.10. The van der Waals surface area contributed by atoms with Crippen LogP contribution in [0, 0.1) is 6.92 Å². The number of hydrogen-bond acceptors (Lipinski definition) is 4. The average molecular weight is 538 g/mol. The fraction of sp³-hybridized carbons (Fsp3) is 0.174. The van der Waals surface area contributed by atoms with Crippen molar-refractivity contribution in [3.05, 3.63) is 87.4 Å². The van der Waals surface area contributed by atoms with E-state index in [2.05, 4.69) is 21.2 Å². The van der Waals surface area contributed by atoms with E-state index >= 15 is 0 Å². The van der Waals surface area contributed by atoms with E-state index in [1.165, 1.54) is 7.11 Å². The Labute approximate surface area is 201 Å². The van der Waals surface area contributed by atoms with E-state index in [1.54, 1.807) is 42.5 Å². The second-order valence-corrected chi connectivity index (χ2v) is 10.4. The number of aryl methyl sites for hydroxylation is 1. The number of nitrogens with one attached hydrogen (secondary N) is 1. The largest absolute Gasteiger partial charge is 0.495 e. The minimum absolute atomic E-state index is 0.0419. The van der Waals surface area contributed by atoms with Gasteiger partial charge in [0.1, 0.15) is 5.75 Å². The Morgan fingerprint density at radius 2 is 1.72 bits per heavy atom. The third kappa shape index (κ3) is 6.10. The predicted octanol–water partition coefficient (Wildman–Crippen LogP) is 5.25.